The predicted molar refractivity (Wildman–Crippen MR) is 146 cm³/mol. The van der Waals surface area contributed by atoms with Crippen molar-refractivity contribution >= 4 is 40.4 Å². The van der Waals surface area contributed by atoms with E-state index >= 15 is 0 Å². The fourth-order valence-electron chi connectivity index (χ4n) is 4.75. The first kappa shape index (κ1) is 25.7. The number of anilines is 1. The zero-order chi connectivity index (χ0) is 28.2. The normalized spacial score (nSPS) is 17.2. The summed E-state index contributed by atoms with van der Waals surface area (Å²) in [4.78, 5) is 47.0. The number of aryl methyl sites for hydroxylation is 1. The Hall–Kier alpha value is -4.92. The molecule has 1 saturated heterocycles. The minimum Gasteiger partial charge on any atom is -0.508 e. The van der Waals surface area contributed by atoms with Crippen LogP contribution in [-0.2, 0) is 15.0 Å². The van der Waals surface area contributed by atoms with Gasteiger partial charge in [0.1, 0.15) is 11.5 Å². The highest BCUT2D eigenvalue weighted by molar-refractivity contribution is 6.51. The fourth-order valence-corrected chi connectivity index (χ4v) is 4.75. The Kier molecular flexibility index (Phi) is 6.02. The van der Waals surface area contributed by atoms with Crippen molar-refractivity contribution in [1.29, 1.82) is 0 Å². The van der Waals surface area contributed by atoms with Gasteiger partial charge in [-0.3, -0.25) is 14.5 Å². The molecule has 198 valence electrons. The summed E-state index contributed by atoms with van der Waals surface area (Å²) >= 11 is 0. The van der Waals surface area contributed by atoms with Crippen molar-refractivity contribution < 1.29 is 29.7 Å². The van der Waals surface area contributed by atoms with Crippen LogP contribution in [0.4, 0.5) is 5.95 Å². The Labute approximate surface area is 224 Å². The number of aromatic carboxylic acids is 1. The Morgan fingerprint density at radius 3 is 2.31 bits per heavy atom. The molecule has 9 nitrogen and oxygen atoms in total. The number of hydrogen-bond acceptors (Lipinski definition) is 6. The van der Waals surface area contributed by atoms with Gasteiger partial charge in [0, 0.05) is 5.56 Å². The van der Waals surface area contributed by atoms with Crippen molar-refractivity contribution in [3.05, 3.63) is 94.1 Å². The molecule has 1 unspecified atom stereocenters. The first-order valence-corrected chi connectivity index (χ1v) is 12.3. The number of carboxylic acids is 1. The molecular formula is C30H27N3O6. The summed E-state index contributed by atoms with van der Waals surface area (Å²) in [6, 6.07) is 14.9. The molecule has 0 aliphatic carbocycles. The summed E-state index contributed by atoms with van der Waals surface area (Å²) in [6.07, 6.45) is 0. The number of aromatic nitrogens is 2. The number of aliphatic hydroxyl groups is 1. The number of aromatic amines is 1. The molecule has 1 aliphatic heterocycles. The summed E-state index contributed by atoms with van der Waals surface area (Å²) in [7, 11) is 0. The van der Waals surface area contributed by atoms with E-state index in [0.29, 0.717) is 22.2 Å². The number of amides is 1. The molecule has 39 heavy (non-hydrogen) atoms. The van der Waals surface area contributed by atoms with Crippen LogP contribution < -0.4 is 4.90 Å². The number of Topliss-reactive ketones (excluding diaryl/α,β-unsaturated/α-hetero) is 1. The molecular weight excluding hydrogens is 498 g/mol. The maximum atomic E-state index is 13.5. The zero-order valence-corrected chi connectivity index (χ0v) is 21.8. The van der Waals surface area contributed by atoms with E-state index in [4.69, 9.17) is 0 Å². The number of fused-ring (bicyclic) bond motifs is 1. The maximum absolute atomic E-state index is 13.5. The number of nitrogens with zero attached hydrogens (tertiary/aromatic N) is 2. The topological polar surface area (TPSA) is 144 Å². The maximum Gasteiger partial charge on any atom is 0.335 e. The lowest BCUT2D eigenvalue weighted by Gasteiger charge is -2.24. The monoisotopic (exact) mass is 525 g/mol. The second-order valence-corrected chi connectivity index (χ2v) is 10.6. The lowest BCUT2D eigenvalue weighted by atomic mass is 9.84. The molecule has 0 bridgehead atoms. The van der Waals surface area contributed by atoms with Crippen molar-refractivity contribution in [3.63, 3.8) is 0 Å². The van der Waals surface area contributed by atoms with Gasteiger partial charge in [0.15, 0.2) is 0 Å². The van der Waals surface area contributed by atoms with Gasteiger partial charge in [-0.2, -0.15) is 0 Å². The standard InChI is InChI=1S/C30H27N3O6/c1-15-5-9-18(30(2,3)4)14-20(15)25(35)23-24(16-6-10-19(34)11-7-16)33(27(37)26(23)36)29-31-21-12-8-17(28(38)39)13-22(21)32-29/h5-14,24,34-35H,1-4H3,(H,31,32)(H,38,39)/b25-23+. The van der Waals surface area contributed by atoms with E-state index < -0.39 is 23.7 Å². The average molecular weight is 526 g/mol. The summed E-state index contributed by atoms with van der Waals surface area (Å²) in [5.74, 6) is -3.22. The van der Waals surface area contributed by atoms with Gasteiger partial charge in [0.2, 0.25) is 5.95 Å². The van der Waals surface area contributed by atoms with Gasteiger partial charge in [0.25, 0.3) is 5.78 Å². The molecule has 9 heteroatoms. The molecule has 1 amide bonds. The first-order chi connectivity index (χ1) is 18.4. The van der Waals surface area contributed by atoms with E-state index in [2.05, 4.69) is 9.97 Å². The Morgan fingerprint density at radius 1 is 0.974 bits per heavy atom. The Bertz CT molecular complexity index is 1690. The smallest absolute Gasteiger partial charge is 0.335 e. The fraction of sp³-hybridized carbons (Fsp3) is 0.200. The third-order valence-corrected chi connectivity index (χ3v) is 6.96. The number of aromatic hydroxyl groups is 1. The number of aliphatic hydroxyl groups excluding tert-OH is 1. The van der Waals surface area contributed by atoms with Gasteiger partial charge in [-0.25, -0.2) is 9.78 Å². The average Bonchev–Trinajstić information content (AvgIpc) is 3.41. The van der Waals surface area contributed by atoms with Gasteiger partial charge < -0.3 is 20.3 Å². The lowest BCUT2D eigenvalue weighted by Crippen LogP contribution is -2.30. The SMILES string of the molecule is Cc1ccc(C(C)(C)C)cc1/C(O)=C1\C(=O)C(=O)N(c2nc3ccc(C(=O)O)cc3[nH]2)C1c1ccc(O)cc1. The predicted octanol–water partition coefficient (Wildman–Crippen LogP) is 5.20. The summed E-state index contributed by atoms with van der Waals surface area (Å²) in [5, 5.41) is 30.8. The number of phenols is 1. The number of imidazole rings is 1. The molecule has 3 aromatic carbocycles. The molecule has 0 spiro atoms. The molecule has 4 N–H and O–H groups in total. The van der Waals surface area contributed by atoms with Gasteiger partial charge in [-0.15, -0.1) is 0 Å². The molecule has 5 rings (SSSR count). The third-order valence-electron chi connectivity index (χ3n) is 6.96. The minimum atomic E-state index is -1.12. The number of ketones is 1. The number of carbonyl (C=O) groups excluding carboxylic acids is 2. The zero-order valence-electron chi connectivity index (χ0n) is 21.8. The van der Waals surface area contributed by atoms with E-state index in [1.165, 1.54) is 30.3 Å². The molecule has 1 atom stereocenters. The van der Waals surface area contributed by atoms with Gasteiger partial charge >= 0.3 is 11.9 Å². The number of hydrogen-bond donors (Lipinski definition) is 4. The Balaban J connectivity index is 1.74. The van der Waals surface area contributed by atoms with Crippen molar-refractivity contribution in [3.8, 4) is 5.75 Å². The summed E-state index contributed by atoms with van der Waals surface area (Å²) < 4.78 is 0. The number of rotatable bonds is 4. The number of phenolic OH excluding ortho intramolecular Hbond substituents is 1. The van der Waals surface area contributed by atoms with Crippen molar-refractivity contribution in [2.24, 2.45) is 0 Å². The van der Waals surface area contributed by atoms with Crippen molar-refractivity contribution in [2.75, 3.05) is 4.90 Å². The highest BCUT2D eigenvalue weighted by Gasteiger charge is 2.48. The number of H-pyrrole nitrogens is 1. The van der Waals surface area contributed by atoms with Gasteiger partial charge in [-0.1, -0.05) is 45.0 Å². The minimum absolute atomic E-state index is 0.00522. The first-order valence-electron chi connectivity index (χ1n) is 12.3. The van der Waals surface area contributed by atoms with E-state index in [0.717, 1.165) is 16.0 Å². The van der Waals surface area contributed by atoms with Crippen LogP contribution in [0.15, 0.2) is 66.2 Å². The number of carbonyl (C=O) groups is 3. The van der Waals surface area contributed by atoms with Crippen LogP contribution in [0.5, 0.6) is 5.75 Å². The number of nitrogens with one attached hydrogen (secondary N) is 1. The molecule has 4 aromatic rings. The number of carboxylic acid groups (broad SMARTS) is 1. The summed E-state index contributed by atoms with van der Waals surface area (Å²) in [6.45, 7) is 7.92. The van der Waals surface area contributed by atoms with Gasteiger partial charge in [-0.05, 0) is 65.4 Å². The molecule has 1 aromatic heterocycles. The molecule has 2 heterocycles. The highest BCUT2D eigenvalue weighted by atomic mass is 16.4. The quantitative estimate of drug-likeness (QED) is 0.163. The second-order valence-electron chi connectivity index (χ2n) is 10.6. The van der Waals surface area contributed by atoms with Crippen LogP contribution in [0.2, 0.25) is 0 Å². The van der Waals surface area contributed by atoms with Crippen LogP contribution in [0.25, 0.3) is 16.8 Å². The second kappa shape index (κ2) is 9.13. The molecule has 0 radical (unpaired) electrons. The lowest BCUT2D eigenvalue weighted by molar-refractivity contribution is -0.132. The van der Waals surface area contributed by atoms with Crippen LogP contribution in [-0.4, -0.2) is 42.9 Å². The van der Waals surface area contributed by atoms with Crippen LogP contribution in [0.3, 0.4) is 0 Å². The van der Waals surface area contributed by atoms with E-state index in [1.54, 1.807) is 12.1 Å². The van der Waals surface area contributed by atoms with Crippen LogP contribution in [0.1, 0.15) is 59.4 Å². The Morgan fingerprint density at radius 2 is 1.67 bits per heavy atom. The highest BCUT2D eigenvalue weighted by Crippen LogP contribution is 2.43. The van der Waals surface area contributed by atoms with Crippen molar-refractivity contribution in [1.82, 2.24) is 9.97 Å². The third kappa shape index (κ3) is 4.41. The molecule has 0 saturated carbocycles. The van der Waals surface area contributed by atoms with E-state index in [-0.39, 0.29) is 34.0 Å². The molecule has 1 aliphatic rings. The van der Waals surface area contributed by atoms with Gasteiger partial charge in [0.05, 0.1) is 28.2 Å². The number of benzene rings is 3. The summed E-state index contributed by atoms with van der Waals surface area (Å²) in [5.41, 5.74) is 3.01. The van der Waals surface area contributed by atoms with Crippen LogP contribution in [0, 0.1) is 6.92 Å². The van der Waals surface area contributed by atoms with Crippen molar-refractivity contribution in [2.45, 2.75) is 39.2 Å². The molecule has 1 fully saturated rings. The largest absolute Gasteiger partial charge is 0.508 e. The van der Waals surface area contributed by atoms with E-state index in [1.807, 2.05) is 45.9 Å². The van der Waals surface area contributed by atoms with Crippen LogP contribution >= 0.6 is 0 Å². The van der Waals surface area contributed by atoms with E-state index in [9.17, 15) is 29.7 Å².